The van der Waals surface area contributed by atoms with Gasteiger partial charge in [0.05, 0.1) is 22.3 Å². The van der Waals surface area contributed by atoms with Gasteiger partial charge in [-0.2, -0.15) is 0 Å². The first-order valence-corrected chi connectivity index (χ1v) is 12.7. The van der Waals surface area contributed by atoms with E-state index >= 15 is 0 Å². The van der Waals surface area contributed by atoms with Crippen LogP contribution in [-0.4, -0.2) is 40.5 Å². The molecule has 0 spiro atoms. The minimum atomic E-state index is -4.59. The average molecular weight is 562 g/mol. The molecule has 2 N–H and O–H groups in total. The van der Waals surface area contributed by atoms with Crippen molar-refractivity contribution < 1.29 is 23.1 Å². The predicted molar refractivity (Wildman–Crippen MR) is 137 cm³/mol. The molecule has 4 rings (SSSR count). The SMILES string of the molecule is O=C(O)CNC(=O)c1ccc(Cn2c(=O)n(S(=O)(=O)c3ccc(Cl)cc3)c(=O)c3ccc(Cl)cc32)cc1. The van der Waals surface area contributed by atoms with E-state index in [1.165, 1.54) is 66.7 Å². The van der Waals surface area contributed by atoms with Gasteiger partial charge in [0.25, 0.3) is 21.5 Å². The Morgan fingerprint density at radius 3 is 2.14 bits per heavy atom. The minimum Gasteiger partial charge on any atom is -0.480 e. The molecular formula is C24H17Cl2N3O7S. The van der Waals surface area contributed by atoms with Crippen molar-refractivity contribution in [2.24, 2.45) is 0 Å². The number of aliphatic carboxylic acids is 1. The smallest absolute Gasteiger partial charge is 0.346 e. The molecule has 0 aliphatic rings. The number of carbonyl (C=O) groups excluding carboxylic acids is 1. The Labute approximate surface area is 219 Å². The normalized spacial score (nSPS) is 11.4. The van der Waals surface area contributed by atoms with E-state index in [0.29, 0.717) is 5.56 Å². The molecule has 10 nitrogen and oxygen atoms in total. The number of nitrogens with one attached hydrogen (secondary N) is 1. The average Bonchev–Trinajstić information content (AvgIpc) is 2.85. The molecule has 3 aromatic carbocycles. The number of carboxylic acid groups (broad SMARTS) is 1. The number of benzene rings is 3. The van der Waals surface area contributed by atoms with Crippen molar-refractivity contribution in [1.82, 2.24) is 13.9 Å². The summed E-state index contributed by atoms with van der Waals surface area (Å²) in [5.41, 5.74) is -1.35. The van der Waals surface area contributed by atoms with Crippen LogP contribution in [0.15, 0.2) is 81.2 Å². The molecule has 0 saturated carbocycles. The molecule has 13 heteroatoms. The van der Waals surface area contributed by atoms with Crippen LogP contribution in [0.5, 0.6) is 0 Å². The molecule has 0 fully saturated rings. The maximum atomic E-state index is 13.5. The van der Waals surface area contributed by atoms with Gasteiger partial charge in [0.15, 0.2) is 0 Å². The number of rotatable bonds is 7. The highest BCUT2D eigenvalue weighted by Crippen LogP contribution is 2.19. The number of aromatic nitrogens is 2. The van der Waals surface area contributed by atoms with E-state index in [1.54, 1.807) is 0 Å². The van der Waals surface area contributed by atoms with Gasteiger partial charge in [0.1, 0.15) is 6.54 Å². The number of carbonyl (C=O) groups is 2. The van der Waals surface area contributed by atoms with Crippen molar-refractivity contribution in [1.29, 1.82) is 0 Å². The van der Waals surface area contributed by atoms with Gasteiger partial charge >= 0.3 is 11.7 Å². The zero-order valence-corrected chi connectivity index (χ0v) is 21.0. The van der Waals surface area contributed by atoms with Gasteiger partial charge in [-0.3, -0.25) is 19.0 Å². The molecule has 0 saturated heterocycles. The summed E-state index contributed by atoms with van der Waals surface area (Å²) in [5, 5.41) is 11.4. The van der Waals surface area contributed by atoms with Crippen molar-refractivity contribution in [3.63, 3.8) is 0 Å². The second kappa shape index (κ2) is 10.2. The Hall–Kier alpha value is -3.93. The number of hydrogen-bond donors (Lipinski definition) is 2. The van der Waals surface area contributed by atoms with Crippen LogP contribution >= 0.6 is 23.2 Å². The Kier molecular flexibility index (Phi) is 7.21. The molecule has 1 heterocycles. The summed E-state index contributed by atoms with van der Waals surface area (Å²) in [6.07, 6.45) is 0. The summed E-state index contributed by atoms with van der Waals surface area (Å²) >= 11 is 12.0. The van der Waals surface area contributed by atoms with E-state index in [0.717, 1.165) is 4.57 Å². The van der Waals surface area contributed by atoms with E-state index in [9.17, 15) is 27.6 Å². The third kappa shape index (κ3) is 5.29. The predicted octanol–water partition coefficient (Wildman–Crippen LogP) is 2.57. The van der Waals surface area contributed by atoms with Gasteiger partial charge in [0, 0.05) is 15.6 Å². The van der Waals surface area contributed by atoms with E-state index in [1.807, 2.05) is 0 Å². The lowest BCUT2D eigenvalue weighted by atomic mass is 10.1. The Balaban J connectivity index is 1.84. The van der Waals surface area contributed by atoms with Crippen LogP contribution < -0.4 is 16.6 Å². The van der Waals surface area contributed by atoms with Crippen LogP contribution in [0.2, 0.25) is 10.0 Å². The molecule has 190 valence electrons. The molecule has 0 bridgehead atoms. The third-order valence-corrected chi connectivity index (χ3v) is 7.54. The number of hydrogen-bond acceptors (Lipinski definition) is 6. The van der Waals surface area contributed by atoms with Crippen LogP contribution in [0.1, 0.15) is 15.9 Å². The van der Waals surface area contributed by atoms with Gasteiger partial charge in [0.2, 0.25) is 0 Å². The Bertz CT molecular complexity index is 1760. The summed E-state index contributed by atoms with van der Waals surface area (Å²) in [6, 6.07) is 15.0. The lowest BCUT2D eigenvalue weighted by Gasteiger charge is -2.15. The number of halogens is 2. The molecule has 4 aromatic rings. The van der Waals surface area contributed by atoms with Crippen LogP contribution in [-0.2, 0) is 21.4 Å². The van der Waals surface area contributed by atoms with Crippen molar-refractivity contribution in [3.05, 3.63) is 109 Å². The molecule has 0 aliphatic heterocycles. The summed E-state index contributed by atoms with van der Waals surface area (Å²) in [7, 11) is -4.59. The molecule has 0 aliphatic carbocycles. The molecule has 0 radical (unpaired) electrons. The summed E-state index contributed by atoms with van der Waals surface area (Å²) in [4.78, 5) is 49.1. The molecule has 37 heavy (non-hydrogen) atoms. The fourth-order valence-electron chi connectivity index (χ4n) is 3.60. The van der Waals surface area contributed by atoms with Crippen molar-refractivity contribution in [2.75, 3.05) is 6.54 Å². The number of fused-ring (bicyclic) bond motifs is 1. The van der Waals surface area contributed by atoms with Gasteiger partial charge in [-0.1, -0.05) is 35.3 Å². The first-order chi connectivity index (χ1) is 17.5. The lowest BCUT2D eigenvalue weighted by Crippen LogP contribution is -2.44. The maximum Gasteiger partial charge on any atom is 0.346 e. The van der Waals surface area contributed by atoms with Crippen LogP contribution in [0.4, 0.5) is 0 Å². The minimum absolute atomic E-state index is 0.0498. The van der Waals surface area contributed by atoms with Crippen LogP contribution in [0.3, 0.4) is 0 Å². The number of carboxylic acids is 1. The topological polar surface area (TPSA) is 145 Å². The summed E-state index contributed by atoms with van der Waals surface area (Å²) in [5.74, 6) is -1.80. The Morgan fingerprint density at radius 2 is 1.51 bits per heavy atom. The Morgan fingerprint density at radius 1 is 0.892 bits per heavy atom. The summed E-state index contributed by atoms with van der Waals surface area (Å²) < 4.78 is 27.9. The van der Waals surface area contributed by atoms with E-state index in [4.69, 9.17) is 28.3 Å². The first-order valence-electron chi connectivity index (χ1n) is 10.5. The molecule has 1 amide bonds. The zero-order chi connectivity index (χ0) is 26.9. The highest BCUT2D eigenvalue weighted by atomic mass is 35.5. The van der Waals surface area contributed by atoms with Gasteiger partial charge in [-0.05, 0) is 60.2 Å². The van der Waals surface area contributed by atoms with Gasteiger partial charge in [-0.15, -0.1) is 3.97 Å². The molecule has 1 aromatic heterocycles. The van der Waals surface area contributed by atoms with Gasteiger partial charge < -0.3 is 10.4 Å². The van der Waals surface area contributed by atoms with Crippen molar-refractivity contribution >= 4 is 56.0 Å². The lowest BCUT2D eigenvalue weighted by molar-refractivity contribution is -0.135. The highest BCUT2D eigenvalue weighted by Gasteiger charge is 2.25. The number of amides is 1. The molecular weight excluding hydrogens is 545 g/mol. The highest BCUT2D eigenvalue weighted by molar-refractivity contribution is 7.90. The van der Waals surface area contributed by atoms with Crippen LogP contribution in [0, 0.1) is 0 Å². The quantitative estimate of drug-likeness (QED) is 0.352. The molecule has 0 unspecified atom stereocenters. The van der Waals surface area contributed by atoms with E-state index < -0.39 is 39.7 Å². The summed E-state index contributed by atoms with van der Waals surface area (Å²) in [6.45, 7) is -0.713. The monoisotopic (exact) mass is 561 g/mol. The van der Waals surface area contributed by atoms with Crippen molar-refractivity contribution in [2.45, 2.75) is 11.4 Å². The van der Waals surface area contributed by atoms with Gasteiger partial charge in [-0.25, -0.2) is 13.2 Å². The third-order valence-electron chi connectivity index (χ3n) is 5.38. The zero-order valence-electron chi connectivity index (χ0n) is 18.7. The maximum absolute atomic E-state index is 13.5. The second-order valence-corrected chi connectivity index (χ2v) is 10.5. The number of nitrogens with zero attached hydrogens (tertiary/aromatic N) is 2. The molecule has 0 atom stereocenters. The van der Waals surface area contributed by atoms with Crippen LogP contribution in [0.25, 0.3) is 10.9 Å². The largest absolute Gasteiger partial charge is 0.480 e. The fraction of sp³-hybridized carbons (Fsp3) is 0.0833. The fourth-order valence-corrected chi connectivity index (χ4v) is 5.20. The van der Waals surface area contributed by atoms with E-state index in [-0.39, 0.29) is 41.9 Å². The van der Waals surface area contributed by atoms with E-state index in [2.05, 4.69) is 5.32 Å². The standard InChI is InChI=1S/C24H17Cl2N3O7S/c25-16-5-8-18(9-6-16)37(35,36)29-23(33)19-10-7-17(26)11-20(19)28(24(29)34)13-14-1-3-15(4-2-14)22(32)27-12-21(30)31/h1-11H,12-13H2,(H,27,32)(H,30,31). The second-order valence-electron chi connectivity index (χ2n) is 7.83. The van der Waals surface area contributed by atoms with Crippen molar-refractivity contribution in [3.8, 4) is 0 Å². The first kappa shape index (κ1) is 26.1.